The Kier molecular flexibility index (Phi) is 5.03. The summed E-state index contributed by atoms with van der Waals surface area (Å²) in [4.78, 5) is 18.0. The van der Waals surface area contributed by atoms with E-state index in [-0.39, 0.29) is 28.5 Å². The van der Waals surface area contributed by atoms with Crippen LogP contribution in [0.4, 0.5) is 5.82 Å². The van der Waals surface area contributed by atoms with Crippen LogP contribution in [0.1, 0.15) is 12.8 Å². The number of rotatable bonds is 7. The van der Waals surface area contributed by atoms with Crippen molar-refractivity contribution in [3.05, 3.63) is 30.9 Å². The second-order valence-corrected chi connectivity index (χ2v) is 9.24. The molecule has 0 saturated heterocycles. The summed E-state index contributed by atoms with van der Waals surface area (Å²) in [5, 5.41) is 0.961. The summed E-state index contributed by atoms with van der Waals surface area (Å²) in [6.45, 7) is 0. The highest BCUT2D eigenvalue weighted by atomic mass is 32.2. The molecule has 29 heavy (non-hydrogen) atoms. The van der Waals surface area contributed by atoms with E-state index < -0.39 is 9.84 Å². The van der Waals surface area contributed by atoms with Crippen LogP contribution in [-0.4, -0.2) is 61.4 Å². The molecule has 1 aliphatic rings. The molecule has 0 bridgehead atoms. The van der Waals surface area contributed by atoms with E-state index in [9.17, 15) is 8.42 Å². The minimum Gasteiger partial charge on any atom is -0.491 e. The quantitative estimate of drug-likeness (QED) is 0.622. The molecule has 0 unspecified atom stereocenters. The third kappa shape index (κ3) is 3.59. The third-order valence-electron chi connectivity index (χ3n) is 5.45. The van der Waals surface area contributed by atoms with Crippen molar-refractivity contribution in [3.63, 3.8) is 0 Å². The van der Waals surface area contributed by atoms with Crippen LogP contribution < -0.4 is 14.4 Å². The molecule has 9 nitrogen and oxygen atoms in total. The predicted octanol–water partition coefficient (Wildman–Crippen LogP) is 2.06. The number of aromatic amines is 1. The Hall–Kier alpha value is -2.88. The normalized spacial score (nSPS) is 19.0. The fraction of sp³-hybridized carbons (Fsp3) is 0.421. The zero-order valence-electron chi connectivity index (χ0n) is 16.5. The van der Waals surface area contributed by atoms with Crippen LogP contribution >= 0.6 is 0 Å². The first-order chi connectivity index (χ1) is 13.9. The molecule has 0 radical (unpaired) electrons. The lowest BCUT2D eigenvalue weighted by Crippen LogP contribution is -2.45. The number of nitrogens with zero attached hydrogens (tertiary/aromatic N) is 4. The van der Waals surface area contributed by atoms with Crippen molar-refractivity contribution in [2.24, 2.45) is 5.92 Å². The number of pyridine rings is 1. The Balaban J connectivity index is 1.43. The molecule has 1 N–H and O–H groups in total. The van der Waals surface area contributed by atoms with E-state index in [1.165, 1.54) is 32.8 Å². The Morgan fingerprint density at radius 1 is 1.21 bits per heavy atom. The summed E-state index contributed by atoms with van der Waals surface area (Å²) in [6.07, 6.45) is 6.26. The van der Waals surface area contributed by atoms with E-state index in [1.54, 1.807) is 0 Å². The molecule has 0 atom stereocenters. The second-order valence-electron chi connectivity index (χ2n) is 7.20. The first kappa shape index (κ1) is 19.4. The lowest BCUT2D eigenvalue weighted by molar-refractivity contribution is 0.282. The van der Waals surface area contributed by atoms with Gasteiger partial charge < -0.3 is 19.4 Å². The van der Waals surface area contributed by atoms with Crippen LogP contribution in [-0.2, 0) is 9.84 Å². The van der Waals surface area contributed by atoms with Gasteiger partial charge in [0.1, 0.15) is 17.8 Å². The molecule has 10 heteroatoms. The van der Waals surface area contributed by atoms with Gasteiger partial charge in [-0.05, 0) is 24.8 Å². The Morgan fingerprint density at radius 3 is 2.72 bits per heavy atom. The number of aromatic nitrogens is 4. The van der Waals surface area contributed by atoms with Gasteiger partial charge in [0.05, 0.1) is 30.3 Å². The van der Waals surface area contributed by atoms with Crippen molar-refractivity contribution in [2.45, 2.75) is 23.8 Å². The van der Waals surface area contributed by atoms with Gasteiger partial charge in [-0.2, -0.15) is 0 Å². The molecular formula is C19H23N5O4S. The van der Waals surface area contributed by atoms with E-state index in [2.05, 4.69) is 24.8 Å². The molecule has 1 saturated carbocycles. The molecule has 0 aliphatic heterocycles. The number of H-pyrrole nitrogens is 1. The smallest absolute Gasteiger partial charge is 0.256 e. The predicted molar refractivity (Wildman–Crippen MR) is 108 cm³/mol. The zero-order chi connectivity index (χ0) is 20.6. The van der Waals surface area contributed by atoms with Crippen molar-refractivity contribution >= 4 is 26.7 Å². The average Bonchev–Trinajstić information content (AvgIpc) is 3.18. The van der Waals surface area contributed by atoms with Gasteiger partial charge >= 0.3 is 0 Å². The highest BCUT2D eigenvalue weighted by Gasteiger charge is 2.36. The fourth-order valence-electron chi connectivity index (χ4n) is 3.76. The molecule has 154 valence electrons. The van der Waals surface area contributed by atoms with Crippen LogP contribution in [0.25, 0.3) is 11.0 Å². The van der Waals surface area contributed by atoms with E-state index >= 15 is 0 Å². The zero-order valence-corrected chi connectivity index (χ0v) is 17.3. The van der Waals surface area contributed by atoms with Gasteiger partial charge in [-0.15, -0.1) is 0 Å². The Labute approximate surface area is 169 Å². The average molecular weight is 417 g/mol. The van der Waals surface area contributed by atoms with Gasteiger partial charge in [-0.1, -0.05) is 0 Å². The summed E-state index contributed by atoms with van der Waals surface area (Å²) in [5.74, 6) is 1.59. The summed E-state index contributed by atoms with van der Waals surface area (Å²) < 4.78 is 35.9. The number of nitrogens with one attached hydrogen (secondary N) is 1. The number of sulfone groups is 1. The van der Waals surface area contributed by atoms with Crippen LogP contribution in [0.5, 0.6) is 11.6 Å². The van der Waals surface area contributed by atoms with Gasteiger partial charge in [0.15, 0.2) is 15.6 Å². The molecule has 1 fully saturated rings. The van der Waals surface area contributed by atoms with Crippen molar-refractivity contribution in [1.82, 2.24) is 19.9 Å². The monoisotopic (exact) mass is 417 g/mol. The van der Waals surface area contributed by atoms with Gasteiger partial charge in [0.2, 0.25) is 0 Å². The van der Waals surface area contributed by atoms with Gasteiger partial charge in [0, 0.05) is 31.5 Å². The van der Waals surface area contributed by atoms with Gasteiger partial charge in [-0.25, -0.2) is 23.4 Å². The summed E-state index contributed by atoms with van der Waals surface area (Å²) in [5.41, 5.74) is 0.793. The Morgan fingerprint density at radius 2 is 2.00 bits per heavy atom. The van der Waals surface area contributed by atoms with Gasteiger partial charge in [-0.3, -0.25) is 0 Å². The van der Waals surface area contributed by atoms with E-state index in [1.807, 2.05) is 19.3 Å². The molecule has 3 aromatic rings. The number of anilines is 1. The number of methoxy groups -OCH3 is 2. The minimum absolute atomic E-state index is 0.0812. The topological polar surface area (TPSA) is 110 Å². The highest BCUT2D eigenvalue weighted by molar-refractivity contribution is 7.91. The molecule has 0 spiro atoms. The van der Waals surface area contributed by atoms with E-state index in [0.717, 1.165) is 29.7 Å². The molecule has 4 rings (SSSR count). The lowest BCUT2D eigenvalue weighted by Gasteiger charge is -2.41. The SMILES string of the molecule is COc1cc(S(=O)(=O)C[C@H]2C[C@@H](N(C)c3ncnc4[nH]ccc34)C2)cnc1OC. The number of ether oxygens (including phenoxy) is 2. The molecule has 1 aliphatic carbocycles. The van der Waals surface area contributed by atoms with Crippen LogP contribution in [0.3, 0.4) is 0 Å². The summed E-state index contributed by atoms with van der Waals surface area (Å²) in [6, 6.07) is 3.66. The van der Waals surface area contributed by atoms with Crippen molar-refractivity contribution in [2.75, 3.05) is 31.9 Å². The third-order valence-corrected chi connectivity index (χ3v) is 7.30. The number of hydrogen-bond acceptors (Lipinski definition) is 8. The molecule has 0 aromatic carbocycles. The number of hydrogen-bond donors (Lipinski definition) is 1. The molecule has 3 heterocycles. The maximum absolute atomic E-state index is 12.8. The fourth-order valence-corrected chi connectivity index (χ4v) is 5.34. The van der Waals surface area contributed by atoms with Crippen LogP contribution in [0.2, 0.25) is 0 Å². The molecule has 0 amide bonds. The minimum atomic E-state index is -3.46. The molecule has 3 aromatic heterocycles. The van der Waals surface area contributed by atoms with Crippen molar-refractivity contribution in [1.29, 1.82) is 0 Å². The first-order valence-corrected chi connectivity index (χ1v) is 10.9. The van der Waals surface area contributed by atoms with Crippen LogP contribution in [0.15, 0.2) is 35.7 Å². The first-order valence-electron chi connectivity index (χ1n) is 9.24. The standard InChI is InChI=1S/C19H23N5O4S/c1-24(18-15-4-5-20-17(15)22-11-23-18)13-6-12(7-13)10-29(25,26)14-8-16(27-2)19(28-3)21-9-14/h4-5,8-9,11-13H,6-7,10H2,1-3H3,(H,20,22,23)/t12-,13+. The van der Waals surface area contributed by atoms with E-state index in [4.69, 9.17) is 9.47 Å². The maximum Gasteiger partial charge on any atom is 0.256 e. The van der Waals surface area contributed by atoms with E-state index in [0.29, 0.717) is 5.75 Å². The number of fused-ring (bicyclic) bond motifs is 1. The van der Waals surface area contributed by atoms with Gasteiger partial charge in [0.25, 0.3) is 5.88 Å². The maximum atomic E-state index is 12.8. The summed E-state index contributed by atoms with van der Waals surface area (Å²) >= 11 is 0. The van der Waals surface area contributed by atoms with Crippen molar-refractivity contribution < 1.29 is 17.9 Å². The second kappa shape index (κ2) is 7.51. The highest BCUT2D eigenvalue weighted by Crippen LogP contribution is 2.37. The largest absolute Gasteiger partial charge is 0.491 e. The van der Waals surface area contributed by atoms with Crippen molar-refractivity contribution in [3.8, 4) is 11.6 Å². The van der Waals surface area contributed by atoms with Crippen LogP contribution in [0, 0.1) is 5.92 Å². The molecular weight excluding hydrogens is 394 g/mol. The Bertz CT molecular complexity index is 1120. The summed E-state index contributed by atoms with van der Waals surface area (Å²) in [7, 11) is 1.44. The lowest BCUT2D eigenvalue weighted by atomic mass is 9.81.